The Labute approximate surface area is 132 Å². The smallest absolute Gasteiger partial charge is 0.260 e. The highest BCUT2D eigenvalue weighted by molar-refractivity contribution is 6.08. The summed E-state index contributed by atoms with van der Waals surface area (Å²) in [6.45, 7) is 4.28. The molecule has 2 aliphatic heterocycles. The van der Waals surface area contributed by atoms with Gasteiger partial charge in [0.2, 0.25) is 0 Å². The first-order valence-electron chi connectivity index (χ1n) is 7.25. The van der Waals surface area contributed by atoms with Crippen molar-refractivity contribution < 1.29 is 13.2 Å². The standard InChI is InChI=1S/C16H17F3N4/c1-11-10-13(12-6-4-5-8-20-12)21-14-7-9-22(23(11)14)15(2,3)16(17,18)19/h4-8,10H,9H2,1-3H3. The number of rotatable bonds is 2. The van der Waals surface area contributed by atoms with Crippen molar-refractivity contribution in [2.24, 2.45) is 4.99 Å². The molecule has 3 rings (SSSR count). The van der Waals surface area contributed by atoms with Gasteiger partial charge in [-0.1, -0.05) is 6.07 Å². The van der Waals surface area contributed by atoms with Crippen LogP contribution in [0.2, 0.25) is 0 Å². The molecule has 0 spiro atoms. The van der Waals surface area contributed by atoms with E-state index in [9.17, 15) is 13.2 Å². The van der Waals surface area contributed by atoms with E-state index in [-0.39, 0.29) is 6.54 Å². The number of aliphatic imine (C=N–C) groups is 1. The second-order valence-corrected chi connectivity index (χ2v) is 6.01. The summed E-state index contributed by atoms with van der Waals surface area (Å²) in [6, 6.07) is 5.48. The molecule has 4 nitrogen and oxygen atoms in total. The van der Waals surface area contributed by atoms with Crippen LogP contribution in [0.1, 0.15) is 26.5 Å². The largest absolute Gasteiger partial charge is 0.408 e. The van der Waals surface area contributed by atoms with Gasteiger partial charge < -0.3 is 0 Å². The van der Waals surface area contributed by atoms with E-state index < -0.39 is 11.7 Å². The maximum atomic E-state index is 13.4. The molecular formula is C16H17F3N4. The molecule has 0 amide bonds. The van der Waals surface area contributed by atoms with E-state index >= 15 is 0 Å². The number of hydrogen-bond acceptors (Lipinski definition) is 4. The molecule has 122 valence electrons. The molecular weight excluding hydrogens is 305 g/mol. The van der Waals surface area contributed by atoms with Crippen molar-refractivity contribution in [2.45, 2.75) is 32.5 Å². The Bertz CT molecular complexity index is 702. The van der Waals surface area contributed by atoms with Crippen LogP contribution in [-0.2, 0) is 0 Å². The van der Waals surface area contributed by atoms with Crippen LogP contribution < -0.4 is 0 Å². The minimum atomic E-state index is -4.35. The lowest BCUT2D eigenvalue weighted by Gasteiger charge is -2.44. The van der Waals surface area contributed by atoms with Crippen LogP contribution in [0.3, 0.4) is 0 Å². The third-order valence-corrected chi connectivity index (χ3v) is 4.09. The average molecular weight is 322 g/mol. The molecule has 0 saturated heterocycles. The van der Waals surface area contributed by atoms with Gasteiger partial charge in [-0.25, -0.2) is 4.99 Å². The number of allylic oxidation sites excluding steroid dienone is 2. The van der Waals surface area contributed by atoms with Gasteiger partial charge in [0, 0.05) is 18.4 Å². The van der Waals surface area contributed by atoms with E-state index in [1.807, 2.05) is 12.1 Å². The maximum absolute atomic E-state index is 13.4. The zero-order valence-electron chi connectivity index (χ0n) is 13.1. The number of hydrogen-bond donors (Lipinski definition) is 0. The lowest BCUT2D eigenvalue weighted by atomic mass is 10.0. The summed E-state index contributed by atoms with van der Waals surface area (Å²) < 4.78 is 40.1. The van der Waals surface area contributed by atoms with Crippen molar-refractivity contribution in [1.82, 2.24) is 15.0 Å². The average Bonchev–Trinajstić information content (AvgIpc) is 2.92. The third kappa shape index (κ3) is 2.55. The Kier molecular flexibility index (Phi) is 3.55. The van der Waals surface area contributed by atoms with Gasteiger partial charge in [0.15, 0.2) is 0 Å². The van der Waals surface area contributed by atoms with Crippen LogP contribution in [0, 0.1) is 0 Å². The number of alkyl halides is 3. The van der Waals surface area contributed by atoms with Crippen molar-refractivity contribution in [3.05, 3.63) is 53.8 Å². The summed E-state index contributed by atoms with van der Waals surface area (Å²) in [5.74, 6) is 0.503. The van der Waals surface area contributed by atoms with Crippen molar-refractivity contribution in [3.8, 4) is 0 Å². The second-order valence-electron chi connectivity index (χ2n) is 6.01. The van der Waals surface area contributed by atoms with Gasteiger partial charge in [-0.05, 0) is 45.1 Å². The quantitative estimate of drug-likeness (QED) is 0.835. The van der Waals surface area contributed by atoms with Gasteiger partial charge >= 0.3 is 6.18 Å². The molecule has 0 radical (unpaired) electrons. The topological polar surface area (TPSA) is 31.7 Å². The summed E-state index contributed by atoms with van der Waals surface area (Å²) in [5, 5.41) is 2.81. The lowest BCUT2D eigenvalue weighted by molar-refractivity contribution is -0.245. The summed E-state index contributed by atoms with van der Waals surface area (Å²) in [7, 11) is 0. The fourth-order valence-electron chi connectivity index (χ4n) is 2.61. The van der Waals surface area contributed by atoms with Crippen LogP contribution in [0.25, 0.3) is 0 Å². The minimum absolute atomic E-state index is 0.159. The fraction of sp³-hybridized carbons (Fsp3) is 0.375. The maximum Gasteiger partial charge on any atom is 0.408 e. The monoisotopic (exact) mass is 322 g/mol. The van der Waals surface area contributed by atoms with E-state index in [2.05, 4.69) is 9.98 Å². The van der Waals surface area contributed by atoms with E-state index in [1.54, 1.807) is 31.3 Å². The predicted molar refractivity (Wildman–Crippen MR) is 81.3 cm³/mol. The zero-order chi connectivity index (χ0) is 16.8. The summed E-state index contributed by atoms with van der Waals surface area (Å²) in [5.41, 5.74) is 0.0400. The normalized spacial score (nSPS) is 19.2. The summed E-state index contributed by atoms with van der Waals surface area (Å²) >= 11 is 0. The van der Waals surface area contributed by atoms with E-state index in [0.29, 0.717) is 22.9 Å². The molecule has 0 atom stereocenters. The molecule has 0 aromatic carbocycles. The molecule has 0 N–H and O–H groups in total. The van der Waals surface area contributed by atoms with Crippen molar-refractivity contribution in [2.75, 3.05) is 6.54 Å². The van der Waals surface area contributed by atoms with Gasteiger partial charge in [0.1, 0.15) is 11.4 Å². The van der Waals surface area contributed by atoms with Crippen LogP contribution in [0.15, 0.2) is 53.1 Å². The molecule has 7 heteroatoms. The van der Waals surface area contributed by atoms with E-state index in [1.165, 1.54) is 23.9 Å². The van der Waals surface area contributed by atoms with Gasteiger partial charge in [0.05, 0.1) is 11.4 Å². The molecule has 0 bridgehead atoms. The zero-order valence-corrected chi connectivity index (χ0v) is 13.1. The Morgan fingerprint density at radius 3 is 2.52 bits per heavy atom. The van der Waals surface area contributed by atoms with Crippen LogP contribution in [0.5, 0.6) is 0 Å². The number of fused-ring (bicyclic) bond motifs is 1. The molecule has 0 fully saturated rings. The van der Waals surface area contributed by atoms with E-state index in [0.717, 1.165) is 0 Å². The van der Waals surface area contributed by atoms with Crippen molar-refractivity contribution in [3.63, 3.8) is 0 Å². The molecule has 1 aromatic rings. The Morgan fingerprint density at radius 2 is 1.91 bits per heavy atom. The number of nitrogens with zero attached hydrogens (tertiary/aromatic N) is 4. The molecule has 1 aromatic heterocycles. The third-order valence-electron chi connectivity index (χ3n) is 4.09. The highest BCUT2D eigenvalue weighted by Gasteiger charge is 2.54. The lowest BCUT2D eigenvalue weighted by Crippen LogP contribution is -2.58. The van der Waals surface area contributed by atoms with Gasteiger partial charge in [-0.2, -0.15) is 18.2 Å². The highest BCUT2D eigenvalue weighted by Crippen LogP contribution is 2.41. The summed E-state index contributed by atoms with van der Waals surface area (Å²) in [4.78, 5) is 8.71. The Morgan fingerprint density at radius 1 is 1.17 bits per heavy atom. The predicted octanol–water partition coefficient (Wildman–Crippen LogP) is 3.50. The van der Waals surface area contributed by atoms with Crippen molar-refractivity contribution in [1.29, 1.82) is 0 Å². The first-order chi connectivity index (χ1) is 10.7. The first-order valence-corrected chi connectivity index (χ1v) is 7.25. The van der Waals surface area contributed by atoms with Crippen LogP contribution >= 0.6 is 0 Å². The Balaban J connectivity index is 1.94. The van der Waals surface area contributed by atoms with Gasteiger partial charge in [-0.3, -0.25) is 9.99 Å². The molecule has 2 aliphatic rings. The van der Waals surface area contributed by atoms with Gasteiger partial charge in [0.25, 0.3) is 0 Å². The Hall–Kier alpha value is -2.15. The number of halogens is 3. The molecule has 3 heterocycles. The van der Waals surface area contributed by atoms with E-state index in [4.69, 9.17) is 0 Å². The van der Waals surface area contributed by atoms with Crippen LogP contribution in [0.4, 0.5) is 13.2 Å². The first kappa shape index (κ1) is 15.7. The van der Waals surface area contributed by atoms with Gasteiger partial charge in [-0.15, -0.1) is 0 Å². The van der Waals surface area contributed by atoms with Crippen LogP contribution in [-0.4, -0.2) is 39.0 Å². The minimum Gasteiger partial charge on any atom is -0.260 e. The number of aromatic nitrogens is 1. The number of hydrazine groups is 1. The fourth-order valence-corrected chi connectivity index (χ4v) is 2.61. The summed E-state index contributed by atoms with van der Waals surface area (Å²) in [6.07, 6.45) is 0.772. The number of pyridine rings is 1. The molecule has 0 aliphatic carbocycles. The molecule has 23 heavy (non-hydrogen) atoms. The second kappa shape index (κ2) is 5.19. The highest BCUT2D eigenvalue weighted by atomic mass is 19.4. The molecule has 0 saturated carbocycles. The molecule has 0 unspecified atom stereocenters. The van der Waals surface area contributed by atoms with Crippen molar-refractivity contribution >= 4 is 5.71 Å². The SMILES string of the molecule is CC1=CC(c2ccccn2)=NC2=CCN(C(C)(C)C(F)(F)F)N12.